The first-order chi connectivity index (χ1) is 8.65. The second-order valence-corrected chi connectivity index (χ2v) is 4.49. The van der Waals surface area contributed by atoms with Crippen LogP contribution in [0, 0.1) is 0 Å². The first kappa shape index (κ1) is 11.6. The van der Waals surface area contributed by atoms with E-state index in [1.165, 1.54) is 0 Å². The Morgan fingerprint density at radius 1 is 1.17 bits per heavy atom. The predicted molar refractivity (Wildman–Crippen MR) is 67.9 cm³/mol. The molecule has 1 aromatic heterocycles. The van der Waals surface area contributed by atoms with Crippen molar-refractivity contribution in [3.05, 3.63) is 28.9 Å². The van der Waals surface area contributed by atoms with Crippen LogP contribution in [0.1, 0.15) is 10.4 Å². The van der Waals surface area contributed by atoms with Crippen LogP contribution in [0.25, 0.3) is 10.9 Å². The van der Waals surface area contributed by atoms with E-state index < -0.39 is 5.24 Å². The summed E-state index contributed by atoms with van der Waals surface area (Å²) in [6, 6.07) is 5.09. The van der Waals surface area contributed by atoms with E-state index in [0.29, 0.717) is 30.2 Å². The lowest BCUT2D eigenvalue weighted by atomic mass is 10.1. The minimum absolute atomic E-state index is 0.0826. The third kappa shape index (κ3) is 1.87. The molecule has 0 unspecified atom stereocenters. The maximum absolute atomic E-state index is 11.2. The Kier molecular flexibility index (Phi) is 2.76. The molecular formula is C12H7Cl2NO3. The van der Waals surface area contributed by atoms with Crippen molar-refractivity contribution in [3.8, 4) is 11.5 Å². The minimum atomic E-state index is -0.635. The SMILES string of the molecule is O=C(Cl)c1cc2cc3c(cc2nc1Cl)OCCO3. The van der Waals surface area contributed by atoms with Gasteiger partial charge >= 0.3 is 0 Å². The summed E-state index contributed by atoms with van der Waals surface area (Å²) in [7, 11) is 0. The summed E-state index contributed by atoms with van der Waals surface area (Å²) >= 11 is 11.3. The maximum atomic E-state index is 11.2. The summed E-state index contributed by atoms with van der Waals surface area (Å²) in [4.78, 5) is 15.3. The number of aromatic nitrogens is 1. The van der Waals surface area contributed by atoms with Crippen molar-refractivity contribution >= 4 is 39.3 Å². The van der Waals surface area contributed by atoms with Gasteiger partial charge in [-0.25, -0.2) is 4.98 Å². The van der Waals surface area contributed by atoms with Crippen LogP contribution in [0.4, 0.5) is 0 Å². The lowest BCUT2D eigenvalue weighted by molar-refractivity contribution is 0.108. The smallest absolute Gasteiger partial charge is 0.255 e. The fraction of sp³-hybridized carbons (Fsp3) is 0.167. The Balaban J connectivity index is 2.25. The Morgan fingerprint density at radius 3 is 2.50 bits per heavy atom. The normalized spacial score (nSPS) is 13.7. The van der Waals surface area contributed by atoms with E-state index in [-0.39, 0.29) is 10.7 Å². The summed E-state index contributed by atoms with van der Waals surface area (Å²) in [5.41, 5.74) is 0.813. The number of hydrogen-bond donors (Lipinski definition) is 0. The molecule has 0 radical (unpaired) electrons. The molecule has 92 valence electrons. The molecule has 0 saturated carbocycles. The summed E-state index contributed by atoms with van der Waals surface area (Å²) in [5.74, 6) is 1.26. The molecule has 6 heteroatoms. The van der Waals surface area contributed by atoms with Crippen molar-refractivity contribution in [2.24, 2.45) is 0 Å². The van der Waals surface area contributed by atoms with Crippen LogP contribution >= 0.6 is 23.2 Å². The van der Waals surface area contributed by atoms with Gasteiger partial charge in [-0.1, -0.05) is 11.6 Å². The lowest BCUT2D eigenvalue weighted by Crippen LogP contribution is -2.15. The van der Waals surface area contributed by atoms with E-state index in [1.807, 2.05) is 0 Å². The molecule has 18 heavy (non-hydrogen) atoms. The highest BCUT2D eigenvalue weighted by Gasteiger charge is 2.16. The average molecular weight is 284 g/mol. The van der Waals surface area contributed by atoms with Crippen LogP contribution in [0.3, 0.4) is 0 Å². The van der Waals surface area contributed by atoms with Crippen molar-refractivity contribution in [2.45, 2.75) is 0 Å². The molecule has 0 bridgehead atoms. The number of carbonyl (C=O) groups excluding carboxylic acids is 1. The summed E-state index contributed by atoms with van der Waals surface area (Å²) < 4.78 is 10.9. The monoisotopic (exact) mass is 283 g/mol. The highest BCUT2D eigenvalue weighted by atomic mass is 35.5. The maximum Gasteiger partial charge on any atom is 0.255 e. The highest BCUT2D eigenvalue weighted by Crippen LogP contribution is 2.35. The van der Waals surface area contributed by atoms with E-state index in [0.717, 1.165) is 5.39 Å². The fourth-order valence-electron chi connectivity index (χ4n) is 1.83. The van der Waals surface area contributed by atoms with Crippen molar-refractivity contribution in [3.63, 3.8) is 0 Å². The van der Waals surface area contributed by atoms with Crippen LogP contribution in [0.2, 0.25) is 5.15 Å². The van der Waals surface area contributed by atoms with Gasteiger partial charge in [-0.3, -0.25) is 4.79 Å². The molecule has 2 heterocycles. The zero-order chi connectivity index (χ0) is 12.7. The van der Waals surface area contributed by atoms with Gasteiger partial charge < -0.3 is 9.47 Å². The van der Waals surface area contributed by atoms with E-state index in [1.54, 1.807) is 18.2 Å². The number of hydrogen-bond acceptors (Lipinski definition) is 4. The molecule has 3 rings (SSSR count). The third-order valence-electron chi connectivity index (χ3n) is 2.64. The number of nitrogens with zero attached hydrogens (tertiary/aromatic N) is 1. The number of rotatable bonds is 1. The van der Waals surface area contributed by atoms with Crippen molar-refractivity contribution in [2.75, 3.05) is 13.2 Å². The Hall–Kier alpha value is -1.52. The molecule has 2 aromatic rings. The van der Waals surface area contributed by atoms with E-state index in [9.17, 15) is 4.79 Å². The molecule has 0 fully saturated rings. The molecule has 1 aliphatic rings. The van der Waals surface area contributed by atoms with Gasteiger partial charge in [0, 0.05) is 11.5 Å². The third-order valence-corrected chi connectivity index (χ3v) is 3.14. The van der Waals surface area contributed by atoms with Crippen LogP contribution in [-0.4, -0.2) is 23.4 Å². The topological polar surface area (TPSA) is 48.4 Å². The van der Waals surface area contributed by atoms with Crippen LogP contribution in [0.5, 0.6) is 11.5 Å². The number of fused-ring (bicyclic) bond motifs is 2. The quantitative estimate of drug-likeness (QED) is 0.596. The van der Waals surface area contributed by atoms with E-state index >= 15 is 0 Å². The Morgan fingerprint density at radius 2 is 1.83 bits per heavy atom. The molecule has 0 spiro atoms. The van der Waals surface area contributed by atoms with Gasteiger partial charge in [0.1, 0.15) is 18.4 Å². The van der Waals surface area contributed by atoms with Crippen LogP contribution < -0.4 is 9.47 Å². The van der Waals surface area contributed by atoms with Gasteiger partial charge in [-0.05, 0) is 23.7 Å². The first-order valence-electron chi connectivity index (χ1n) is 5.25. The summed E-state index contributed by atoms with van der Waals surface area (Å²) in [6.45, 7) is 1.01. The average Bonchev–Trinajstić information content (AvgIpc) is 2.35. The lowest BCUT2D eigenvalue weighted by Gasteiger charge is -2.18. The van der Waals surface area contributed by atoms with Crippen molar-refractivity contribution in [1.82, 2.24) is 4.98 Å². The molecule has 0 saturated heterocycles. The molecule has 1 aromatic carbocycles. The molecule has 0 atom stereocenters. The molecule has 1 aliphatic heterocycles. The number of benzene rings is 1. The zero-order valence-corrected chi connectivity index (χ0v) is 10.6. The van der Waals surface area contributed by atoms with Gasteiger partial charge in [-0.15, -0.1) is 0 Å². The number of ether oxygens (including phenoxy) is 2. The summed E-state index contributed by atoms with van der Waals surface area (Å²) in [5, 5.41) is 0.177. The van der Waals surface area contributed by atoms with Gasteiger partial charge in [0.2, 0.25) is 0 Å². The number of carbonyl (C=O) groups is 1. The van der Waals surface area contributed by atoms with Crippen LogP contribution in [0.15, 0.2) is 18.2 Å². The molecule has 4 nitrogen and oxygen atoms in total. The van der Waals surface area contributed by atoms with Gasteiger partial charge in [0.05, 0.1) is 11.1 Å². The van der Waals surface area contributed by atoms with Crippen molar-refractivity contribution in [1.29, 1.82) is 0 Å². The second-order valence-electron chi connectivity index (χ2n) is 3.79. The predicted octanol–water partition coefficient (Wildman–Crippen LogP) is 3.04. The largest absolute Gasteiger partial charge is 0.486 e. The van der Waals surface area contributed by atoms with E-state index in [4.69, 9.17) is 32.7 Å². The van der Waals surface area contributed by atoms with Gasteiger partial charge in [0.25, 0.3) is 5.24 Å². The molecule has 0 aliphatic carbocycles. The molecular weight excluding hydrogens is 277 g/mol. The fourth-order valence-corrected chi connectivity index (χ4v) is 2.25. The van der Waals surface area contributed by atoms with Gasteiger partial charge in [0.15, 0.2) is 11.5 Å². The number of halogens is 2. The zero-order valence-electron chi connectivity index (χ0n) is 9.07. The second kappa shape index (κ2) is 4.30. The van der Waals surface area contributed by atoms with Gasteiger partial charge in [-0.2, -0.15) is 0 Å². The summed E-state index contributed by atoms with van der Waals surface area (Å²) in [6.07, 6.45) is 0. The van der Waals surface area contributed by atoms with Crippen molar-refractivity contribution < 1.29 is 14.3 Å². The molecule has 0 N–H and O–H groups in total. The standard InChI is InChI=1S/C12H7Cl2NO3/c13-11-7(12(14)16)3-6-4-9-10(5-8(6)15-11)18-2-1-17-9/h3-5H,1-2H2. The molecule has 0 amide bonds. The van der Waals surface area contributed by atoms with E-state index in [2.05, 4.69) is 4.98 Å². The first-order valence-corrected chi connectivity index (χ1v) is 6.00. The highest BCUT2D eigenvalue weighted by molar-refractivity contribution is 6.68. The minimum Gasteiger partial charge on any atom is -0.486 e. The Bertz CT molecular complexity index is 657. The van der Waals surface area contributed by atoms with Crippen LogP contribution in [-0.2, 0) is 0 Å². The Labute approximate surface area is 112 Å². The number of pyridine rings is 1.